The van der Waals surface area contributed by atoms with Crippen LogP contribution in [-0.4, -0.2) is 21.8 Å². The highest BCUT2D eigenvalue weighted by Gasteiger charge is 2.05. The van der Waals surface area contributed by atoms with E-state index in [9.17, 15) is 0 Å². The van der Waals surface area contributed by atoms with Crippen molar-refractivity contribution < 1.29 is 0 Å². The molecule has 0 aliphatic carbocycles. The van der Waals surface area contributed by atoms with E-state index in [0.717, 1.165) is 30.4 Å². The second-order valence-corrected chi connectivity index (χ2v) is 6.85. The van der Waals surface area contributed by atoms with Gasteiger partial charge in [0.15, 0.2) is 0 Å². The van der Waals surface area contributed by atoms with Crippen LogP contribution in [0.2, 0.25) is 0 Å². The number of aryl methyl sites for hydroxylation is 1. The topological polar surface area (TPSA) is 37.8 Å². The summed E-state index contributed by atoms with van der Waals surface area (Å²) < 4.78 is 0. The Morgan fingerprint density at radius 3 is 2.56 bits per heavy atom. The first-order valence-corrected chi connectivity index (χ1v) is 7.67. The van der Waals surface area contributed by atoms with Crippen molar-refractivity contribution in [3.8, 4) is 0 Å². The van der Waals surface area contributed by atoms with E-state index in [2.05, 4.69) is 49.9 Å². The zero-order valence-electron chi connectivity index (χ0n) is 12.2. The lowest BCUT2D eigenvalue weighted by atomic mass is 10.2. The van der Waals surface area contributed by atoms with E-state index < -0.39 is 0 Å². The summed E-state index contributed by atoms with van der Waals surface area (Å²) in [6.45, 7) is 12.8. The highest BCUT2D eigenvalue weighted by Crippen LogP contribution is 2.15. The number of hydrogen-bond acceptors (Lipinski definition) is 4. The molecule has 0 aliphatic heterocycles. The first kappa shape index (κ1) is 15.4. The Morgan fingerprint density at radius 2 is 2.00 bits per heavy atom. The van der Waals surface area contributed by atoms with Crippen LogP contribution < -0.4 is 5.32 Å². The predicted octanol–water partition coefficient (Wildman–Crippen LogP) is 3.17. The van der Waals surface area contributed by atoms with Gasteiger partial charge in [0.05, 0.1) is 5.75 Å². The quantitative estimate of drug-likeness (QED) is 0.823. The van der Waals surface area contributed by atoms with Gasteiger partial charge in [-0.2, -0.15) is 11.8 Å². The molecule has 0 spiro atoms. The Morgan fingerprint density at radius 1 is 1.28 bits per heavy atom. The molecule has 1 aromatic rings. The lowest BCUT2D eigenvalue weighted by Crippen LogP contribution is -2.20. The van der Waals surface area contributed by atoms with Crippen molar-refractivity contribution in [3.63, 3.8) is 0 Å². The smallest absolute Gasteiger partial charge is 0.138 e. The molecule has 0 amide bonds. The number of hydrogen-bond donors (Lipinski definition) is 1. The van der Waals surface area contributed by atoms with E-state index in [1.165, 1.54) is 5.56 Å². The van der Waals surface area contributed by atoms with Crippen LogP contribution in [0.25, 0.3) is 0 Å². The van der Waals surface area contributed by atoms with Crippen LogP contribution >= 0.6 is 11.8 Å². The molecule has 0 atom stereocenters. The van der Waals surface area contributed by atoms with Gasteiger partial charge in [-0.05, 0) is 24.6 Å². The van der Waals surface area contributed by atoms with Gasteiger partial charge in [-0.15, -0.1) is 0 Å². The summed E-state index contributed by atoms with van der Waals surface area (Å²) in [7, 11) is 0. The Balaban J connectivity index is 2.51. The normalized spacial score (nSPS) is 11.5. The first-order valence-electron chi connectivity index (χ1n) is 6.62. The van der Waals surface area contributed by atoms with Crippen LogP contribution in [0, 0.1) is 12.8 Å². The molecule has 1 aromatic heterocycles. The van der Waals surface area contributed by atoms with Gasteiger partial charge in [-0.3, -0.25) is 0 Å². The highest BCUT2D eigenvalue weighted by molar-refractivity contribution is 7.99. The van der Waals surface area contributed by atoms with Crippen LogP contribution in [0.1, 0.15) is 44.8 Å². The average molecular weight is 267 g/mol. The summed E-state index contributed by atoms with van der Waals surface area (Å²) in [6, 6.07) is 0. The monoisotopic (exact) mass is 267 g/mol. The number of aromatic nitrogens is 2. The van der Waals surface area contributed by atoms with Crippen molar-refractivity contribution in [2.45, 2.75) is 52.2 Å². The number of thioether (sulfide) groups is 1. The average Bonchev–Trinajstić information content (AvgIpc) is 2.28. The van der Waals surface area contributed by atoms with Gasteiger partial charge in [0.1, 0.15) is 5.82 Å². The van der Waals surface area contributed by atoms with Crippen molar-refractivity contribution in [2.24, 2.45) is 5.92 Å². The molecule has 0 fully saturated rings. The highest BCUT2D eigenvalue weighted by atomic mass is 32.2. The van der Waals surface area contributed by atoms with Gasteiger partial charge in [0.2, 0.25) is 0 Å². The molecule has 0 aliphatic rings. The van der Waals surface area contributed by atoms with Crippen LogP contribution in [0.5, 0.6) is 0 Å². The molecule has 0 aromatic carbocycles. The third-order valence-electron chi connectivity index (χ3n) is 2.54. The Labute approximate surface area is 115 Å². The fourth-order valence-corrected chi connectivity index (χ4v) is 2.14. The van der Waals surface area contributed by atoms with Crippen LogP contribution in [0.3, 0.4) is 0 Å². The van der Waals surface area contributed by atoms with Gasteiger partial charge in [0.25, 0.3) is 0 Å². The van der Waals surface area contributed by atoms with Crippen molar-refractivity contribution >= 4 is 11.8 Å². The molecule has 0 radical (unpaired) electrons. The van der Waals surface area contributed by atoms with Gasteiger partial charge < -0.3 is 5.32 Å². The molecule has 1 N–H and O–H groups in total. The third-order valence-corrected chi connectivity index (χ3v) is 3.64. The summed E-state index contributed by atoms with van der Waals surface area (Å²) in [4.78, 5) is 9.01. The van der Waals surface area contributed by atoms with Crippen molar-refractivity contribution in [2.75, 3.05) is 6.54 Å². The van der Waals surface area contributed by atoms with E-state index in [4.69, 9.17) is 0 Å². The number of nitrogens with zero attached hydrogens (tertiary/aromatic N) is 2. The maximum absolute atomic E-state index is 4.57. The van der Waals surface area contributed by atoms with Gasteiger partial charge >= 0.3 is 0 Å². The molecule has 0 bridgehead atoms. The molecule has 102 valence electrons. The van der Waals surface area contributed by atoms with E-state index >= 15 is 0 Å². The summed E-state index contributed by atoms with van der Waals surface area (Å²) in [5, 5.41) is 4.05. The van der Waals surface area contributed by atoms with E-state index in [0.29, 0.717) is 11.2 Å². The molecule has 4 heteroatoms. The van der Waals surface area contributed by atoms with Gasteiger partial charge in [-0.25, -0.2) is 9.97 Å². The minimum absolute atomic E-state index is 0.626. The number of rotatable bonds is 7. The molecular formula is C14H25N3S. The molecule has 1 heterocycles. The predicted molar refractivity (Wildman–Crippen MR) is 79.7 cm³/mol. The molecule has 1 rings (SSSR count). The summed E-state index contributed by atoms with van der Waals surface area (Å²) in [6.07, 6.45) is 1.96. The largest absolute Gasteiger partial charge is 0.312 e. The van der Waals surface area contributed by atoms with Gasteiger partial charge in [0, 0.05) is 24.0 Å². The SMILES string of the molecule is Cc1nc(CSC(C)C)ncc1CNCC(C)C. The summed E-state index contributed by atoms with van der Waals surface area (Å²) in [5.74, 6) is 2.52. The molecule has 18 heavy (non-hydrogen) atoms. The minimum atomic E-state index is 0.626. The second kappa shape index (κ2) is 7.74. The lowest BCUT2D eigenvalue weighted by Gasteiger charge is -2.10. The van der Waals surface area contributed by atoms with Crippen LogP contribution in [0.4, 0.5) is 0 Å². The minimum Gasteiger partial charge on any atom is -0.312 e. The Bertz CT molecular complexity index is 364. The fraction of sp³-hybridized carbons (Fsp3) is 0.714. The number of nitrogens with one attached hydrogen (secondary N) is 1. The maximum atomic E-state index is 4.57. The van der Waals surface area contributed by atoms with E-state index in [1.54, 1.807) is 0 Å². The Hall–Kier alpha value is -0.610. The Kier molecular flexibility index (Phi) is 6.65. The van der Waals surface area contributed by atoms with E-state index in [1.807, 2.05) is 18.0 Å². The molecule has 0 unspecified atom stereocenters. The maximum Gasteiger partial charge on any atom is 0.138 e. The molecule has 0 saturated carbocycles. The van der Waals surface area contributed by atoms with Gasteiger partial charge in [-0.1, -0.05) is 27.7 Å². The fourth-order valence-electron chi connectivity index (χ4n) is 1.52. The lowest BCUT2D eigenvalue weighted by molar-refractivity contribution is 0.550. The first-order chi connectivity index (χ1) is 8.49. The summed E-state index contributed by atoms with van der Waals surface area (Å²) >= 11 is 1.88. The molecule has 3 nitrogen and oxygen atoms in total. The zero-order valence-corrected chi connectivity index (χ0v) is 13.0. The molecule has 0 saturated heterocycles. The van der Waals surface area contributed by atoms with Crippen molar-refractivity contribution in [3.05, 3.63) is 23.3 Å². The van der Waals surface area contributed by atoms with Crippen LogP contribution in [0.15, 0.2) is 6.20 Å². The van der Waals surface area contributed by atoms with E-state index in [-0.39, 0.29) is 0 Å². The summed E-state index contributed by atoms with van der Waals surface area (Å²) in [5.41, 5.74) is 2.30. The molecular weight excluding hydrogens is 242 g/mol. The third kappa shape index (κ3) is 5.83. The zero-order chi connectivity index (χ0) is 13.5. The van der Waals surface area contributed by atoms with Crippen molar-refractivity contribution in [1.82, 2.24) is 15.3 Å². The van der Waals surface area contributed by atoms with Crippen LogP contribution in [-0.2, 0) is 12.3 Å². The van der Waals surface area contributed by atoms with Crippen molar-refractivity contribution in [1.29, 1.82) is 0 Å². The second-order valence-electron chi connectivity index (χ2n) is 5.28. The standard InChI is InChI=1S/C14H25N3S/c1-10(2)6-15-7-13-8-16-14(17-12(13)5)9-18-11(3)4/h8,10-11,15H,6-7,9H2,1-5H3.